The van der Waals surface area contributed by atoms with Crippen LogP contribution in [-0.4, -0.2) is 34.0 Å². The number of aromatic nitrogens is 4. The van der Waals surface area contributed by atoms with Crippen LogP contribution in [0.5, 0.6) is 0 Å². The molecule has 1 atom stereocenters. The summed E-state index contributed by atoms with van der Waals surface area (Å²) >= 11 is 5.01. The Morgan fingerprint density at radius 1 is 1.42 bits per heavy atom. The van der Waals surface area contributed by atoms with Crippen LogP contribution in [0.1, 0.15) is 6.92 Å². The van der Waals surface area contributed by atoms with Crippen molar-refractivity contribution in [3.63, 3.8) is 0 Å². The number of hydrogen-bond acceptors (Lipinski definition) is 5. The molecule has 0 fully saturated rings. The fourth-order valence-corrected chi connectivity index (χ4v) is 3.14. The van der Waals surface area contributed by atoms with Gasteiger partial charge in [0.1, 0.15) is 0 Å². The Labute approximate surface area is 126 Å². The van der Waals surface area contributed by atoms with E-state index in [-0.39, 0.29) is 5.73 Å². The van der Waals surface area contributed by atoms with Crippen molar-refractivity contribution in [3.8, 4) is 10.7 Å². The Bertz CT molecular complexity index is 551. The highest BCUT2D eigenvalue weighted by Crippen LogP contribution is 2.28. The van der Waals surface area contributed by atoms with E-state index in [1.54, 1.807) is 11.3 Å². The van der Waals surface area contributed by atoms with Crippen molar-refractivity contribution < 1.29 is 4.74 Å². The van der Waals surface area contributed by atoms with Crippen molar-refractivity contribution in [3.05, 3.63) is 15.9 Å². The lowest BCUT2D eigenvalue weighted by atomic mass is 10.5. The van der Waals surface area contributed by atoms with Crippen molar-refractivity contribution in [1.82, 2.24) is 20.2 Å². The first-order valence-corrected chi connectivity index (χ1v) is 11.2. The Morgan fingerprint density at radius 2 is 2.16 bits per heavy atom. The van der Waals surface area contributed by atoms with E-state index in [0.29, 0.717) is 12.6 Å². The van der Waals surface area contributed by atoms with Gasteiger partial charge in [-0.05, 0) is 40.2 Å². The van der Waals surface area contributed by atoms with Gasteiger partial charge in [0.25, 0.3) is 0 Å². The standard InChI is InChI=1S/C11H17BrN4OSSi/c1-8(19(2,3)4)17-7-16-14-11(13-15-16)9-5-6-10(12)18-9/h5-6,8H,7H2,1-4H3. The van der Waals surface area contributed by atoms with Gasteiger partial charge < -0.3 is 4.74 Å². The molecule has 0 spiro atoms. The van der Waals surface area contributed by atoms with E-state index < -0.39 is 8.07 Å². The lowest BCUT2D eigenvalue weighted by molar-refractivity contribution is 0.0394. The quantitative estimate of drug-likeness (QED) is 0.766. The SMILES string of the molecule is CC(OCn1nnc(-c2ccc(Br)s2)n1)[Si](C)(C)C. The number of halogens is 1. The summed E-state index contributed by atoms with van der Waals surface area (Å²) in [4.78, 5) is 2.50. The molecule has 0 aliphatic carbocycles. The van der Waals surface area contributed by atoms with E-state index >= 15 is 0 Å². The molecule has 104 valence electrons. The highest BCUT2D eigenvalue weighted by atomic mass is 79.9. The second-order valence-electron chi connectivity index (χ2n) is 5.39. The van der Waals surface area contributed by atoms with Gasteiger partial charge in [-0.1, -0.05) is 19.6 Å². The molecule has 0 radical (unpaired) electrons. The molecule has 0 saturated carbocycles. The maximum absolute atomic E-state index is 5.80. The summed E-state index contributed by atoms with van der Waals surface area (Å²) in [6.07, 6.45) is 0. The third kappa shape index (κ3) is 3.94. The summed E-state index contributed by atoms with van der Waals surface area (Å²) in [7, 11) is -1.28. The Morgan fingerprint density at radius 3 is 2.74 bits per heavy atom. The maximum Gasteiger partial charge on any atom is 0.214 e. The Balaban J connectivity index is 1.98. The fourth-order valence-electron chi connectivity index (χ4n) is 1.26. The first-order valence-electron chi connectivity index (χ1n) is 6.01. The molecule has 0 saturated heterocycles. The first kappa shape index (κ1) is 14.8. The largest absolute Gasteiger partial charge is 0.358 e. The average molecular weight is 361 g/mol. The van der Waals surface area contributed by atoms with Gasteiger partial charge in [0.2, 0.25) is 5.82 Å². The van der Waals surface area contributed by atoms with Crippen LogP contribution in [0.25, 0.3) is 10.7 Å². The van der Waals surface area contributed by atoms with Crippen LogP contribution in [0.3, 0.4) is 0 Å². The maximum atomic E-state index is 5.80. The molecular formula is C11H17BrN4OSSi. The number of hydrogen-bond donors (Lipinski definition) is 0. The van der Waals surface area contributed by atoms with Gasteiger partial charge in [0.05, 0.1) is 16.7 Å². The Hall–Kier alpha value is -0.573. The summed E-state index contributed by atoms with van der Waals surface area (Å²) in [6.45, 7) is 9.30. The lowest BCUT2D eigenvalue weighted by Crippen LogP contribution is -2.38. The zero-order valence-corrected chi connectivity index (χ0v) is 14.8. The van der Waals surface area contributed by atoms with Crippen LogP contribution in [-0.2, 0) is 11.5 Å². The van der Waals surface area contributed by atoms with Crippen LogP contribution < -0.4 is 0 Å². The van der Waals surface area contributed by atoms with Crippen LogP contribution in [0.4, 0.5) is 0 Å². The second kappa shape index (κ2) is 5.82. The Kier molecular flexibility index (Phi) is 4.54. The van der Waals surface area contributed by atoms with E-state index in [4.69, 9.17) is 4.74 Å². The summed E-state index contributed by atoms with van der Waals surface area (Å²) in [5, 5.41) is 12.4. The number of nitrogens with zero attached hydrogens (tertiary/aromatic N) is 4. The molecule has 1 unspecified atom stereocenters. The highest BCUT2D eigenvalue weighted by Gasteiger charge is 2.23. The number of ether oxygens (including phenoxy) is 1. The van der Waals surface area contributed by atoms with E-state index in [1.165, 1.54) is 4.80 Å². The molecule has 0 N–H and O–H groups in total. The predicted octanol–water partition coefficient (Wildman–Crippen LogP) is 3.40. The van der Waals surface area contributed by atoms with E-state index in [9.17, 15) is 0 Å². The van der Waals surface area contributed by atoms with Crippen molar-refractivity contribution >= 4 is 35.3 Å². The minimum atomic E-state index is -1.28. The molecule has 0 aliphatic heterocycles. The van der Waals surface area contributed by atoms with Crippen molar-refractivity contribution in [2.24, 2.45) is 0 Å². The summed E-state index contributed by atoms with van der Waals surface area (Å²) in [5.74, 6) is 0.639. The van der Waals surface area contributed by atoms with E-state index in [0.717, 1.165) is 8.66 Å². The summed E-state index contributed by atoms with van der Waals surface area (Å²) < 4.78 is 6.86. The van der Waals surface area contributed by atoms with Gasteiger partial charge in [-0.2, -0.15) is 0 Å². The fraction of sp³-hybridized carbons (Fsp3) is 0.545. The third-order valence-corrected chi connectivity index (χ3v) is 7.13. The van der Waals surface area contributed by atoms with Crippen LogP contribution >= 0.6 is 27.3 Å². The van der Waals surface area contributed by atoms with Gasteiger partial charge in [0, 0.05) is 5.73 Å². The van der Waals surface area contributed by atoms with Gasteiger partial charge in [0.15, 0.2) is 6.73 Å². The van der Waals surface area contributed by atoms with Crippen LogP contribution in [0.2, 0.25) is 19.6 Å². The van der Waals surface area contributed by atoms with E-state index in [1.807, 2.05) is 12.1 Å². The highest BCUT2D eigenvalue weighted by molar-refractivity contribution is 9.11. The van der Waals surface area contributed by atoms with Gasteiger partial charge in [-0.25, -0.2) is 0 Å². The summed E-state index contributed by atoms with van der Waals surface area (Å²) in [6, 6.07) is 3.95. The van der Waals surface area contributed by atoms with Gasteiger partial charge in [-0.3, -0.25) is 0 Å². The zero-order valence-electron chi connectivity index (χ0n) is 11.4. The van der Waals surface area contributed by atoms with Crippen LogP contribution in [0.15, 0.2) is 15.9 Å². The van der Waals surface area contributed by atoms with Crippen molar-refractivity contribution in [2.75, 3.05) is 0 Å². The molecule has 0 aromatic carbocycles. The normalized spacial score (nSPS) is 13.7. The van der Waals surface area contributed by atoms with Gasteiger partial charge in [-0.15, -0.1) is 26.3 Å². The second-order valence-corrected chi connectivity index (χ2v) is 13.4. The predicted molar refractivity (Wildman–Crippen MR) is 82.7 cm³/mol. The third-order valence-electron chi connectivity index (χ3n) is 2.91. The van der Waals surface area contributed by atoms with Crippen molar-refractivity contribution in [2.45, 2.75) is 39.0 Å². The van der Waals surface area contributed by atoms with Gasteiger partial charge >= 0.3 is 0 Å². The first-order chi connectivity index (χ1) is 8.86. The smallest absolute Gasteiger partial charge is 0.214 e. The molecule has 2 aromatic heterocycles. The molecule has 0 bridgehead atoms. The summed E-state index contributed by atoms with van der Waals surface area (Å²) in [5.41, 5.74) is 0.262. The van der Waals surface area contributed by atoms with Crippen molar-refractivity contribution in [1.29, 1.82) is 0 Å². The van der Waals surface area contributed by atoms with Crippen LogP contribution in [0, 0.1) is 0 Å². The number of rotatable bonds is 5. The molecule has 2 rings (SSSR count). The molecule has 8 heteroatoms. The molecule has 5 nitrogen and oxygen atoms in total. The minimum Gasteiger partial charge on any atom is -0.358 e. The average Bonchev–Trinajstić information content (AvgIpc) is 2.93. The molecule has 2 aromatic rings. The minimum absolute atomic E-state index is 0.262. The molecule has 2 heterocycles. The molecular weight excluding hydrogens is 344 g/mol. The molecule has 19 heavy (non-hydrogen) atoms. The lowest BCUT2D eigenvalue weighted by Gasteiger charge is -2.24. The number of tetrazole rings is 1. The number of thiophene rings is 1. The van der Waals surface area contributed by atoms with E-state index in [2.05, 4.69) is 57.9 Å². The molecule has 0 amide bonds. The monoisotopic (exact) mass is 360 g/mol. The topological polar surface area (TPSA) is 52.8 Å². The molecule has 0 aliphatic rings. The zero-order chi connectivity index (χ0) is 14.0.